The molecule has 0 heterocycles. The van der Waals surface area contributed by atoms with Gasteiger partial charge in [0.05, 0.1) is 25.4 Å². The van der Waals surface area contributed by atoms with E-state index in [4.69, 9.17) is 4.74 Å². The minimum absolute atomic E-state index is 0.0227. The zero-order chi connectivity index (χ0) is 57.1. The summed E-state index contributed by atoms with van der Waals surface area (Å²) in [5.74, 6) is -0.00719. The van der Waals surface area contributed by atoms with Crippen LogP contribution in [0.15, 0.2) is 12.2 Å². The van der Waals surface area contributed by atoms with Gasteiger partial charge in [0, 0.05) is 12.8 Å². The average Bonchev–Trinajstić information content (AvgIpc) is 3.45. The monoisotopic (exact) mass is 1110 g/mol. The summed E-state index contributed by atoms with van der Waals surface area (Å²) in [7, 11) is 0. The second-order valence-electron chi connectivity index (χ2n) is 25.3. The third-order valence-electron chi connectivity index (χ3n) is 17.3. The highest BCUT2D eigenvalue weighted by Crippen LogP contribution is 2.19. The SMILES string of the molecule is CCCCCCCCCCCCCCCCCCCC(=O)OCCCCCCCCCCCCCC/C=C\CCCCCCCCCCCCCCCCCC(=O)NC(CO)C(O)CCCCCCCCCCCCCCCC. The molecule has 6 nitrogen and oxygen atoms in total. The number of aliphatic hydroxyl groups excluding tert-OH is 2. The molecule has 0 radical (unpaired) electrons. The fourth-order valence-corrected chi connectivity index (χ4v) is 11.8. The maximum Gasteiger partial charge on any atom is 0.305 e. The lowest BCUT2D eigenvalue weighted by atomic mass is 10.0. The number of unbranched alkanes of at least 4 members (excludes halogenated alkanes) is 56. The molecule has 0 spiro atoms. The van der Waals surface area contributed by atoms with E-state index in [0.29, 0.717) is 25.9 Å². The van der Waals surface area contributed by atoms with Gasteiger partial charge < -0.3 is 20.3 Å². The van der Waals surface area contributed by atoms with Crippen molar-refractivity contribution in [2.24, 2.45) is 0 Å². The van der Waals surface area contributed by atoms with Gasteiger partial charge in [-0.05, 0) is 51.4 Å². The summed E-state index contributed by atoms with van der Waals surface area (Å²) in [6.07, 6.45) is 85.6. The quantitative estimate of drug-likeness (QED) is 0.0320. The molecule has 0 aromatic heterocycles. The van der Waals surface area contributed by atoms with Crippen LogP contribution in [0.25, 0.3) is 0 Å². The van der Waals surface area contributed by atoms with Crippen LogP contribution in [-0.4, -0.2) is 47.4 Å². The fraction of sp³-hybridized carbons (Fsp3) is 0.945. The average molecular weight is 1110 g/mol. The van der Waals surface area contributed by atoms with Crippen LogP contribution in [0, 0.1) is 0 Å². The van der Waals surface area contributed by atoms with Crippen molar-refractivity contribution in [2.75, 3.05) is 13.2 Å². The molecule has 2 unspecified atom stereocenters. The van der Waals surface area contributed by atoms with Crippen molar-refractivity contribution in [1.29, 1.82) is 0 Å². The third kappa shape index (κ3) is 65.6. The van der Waals surface area contributed by atoms with Crippen LogP contribution in [0.2, 0.25) is 0 Å². The molecule has 0 aliphatic carbocycles. The highest BCUT2D eigenvalue weighted by molar-refractivity contribution is 5.76. The minimum atomic E-state index is -0.662. The molecule has 0 rings (SSSR count). The van der Waals surface area contributed by atoms with E-state index < -0.39 is 12.1 Å². The van der Waals surface area contributed by atoms with Gasteiger partial charge in [0.1, 0.15) is 0 Å². The van der Waals surface area contributed by atoms with E-state index in [2.05, 4.69) is 31.3 Å². The molecule has 0 aromatic rings. The number of hydrogen-bond donors (Lipinski definition) is 3. The summed E-state index contributed by atoms with van der Waals surface area (Å²) in [4.78, 5) is 24.6. The summed E-state index contributed by atoms with van der Waals surface area (Å²) >= 11 is 0. The molecule has 6 heteroatoms. The van der Waals surface area contributed by atoms with Crippen LogP contribution in [0.5, 0.6) is 0 Å². The van der Waals surface area contributed by atoms with Crippen molar-refractivity contribution in [2.45, 2.75) is 431 Å². The van der Waals surface area contributed by atoms with E-state index in [1.165, 1.54) is 347 Å². The molecule has 0 fully saturated rings. The molecule has 1 amide bonds. The van der Waals surface area contributed by atoms with Crippen molar-refractivity contribution in [1.82, 2.24) is 5.32 Å². The smallest absolute Gasteiger partial charge is 0.305 e. The molecular weight excluding hydrogens is 971 g/mol. The lowest BCUT2D eigenvalue weighted by Gasteiger charge is -2.22. The highest BCUT2D eigenvalue weighted by Gasteiger charge is 2.20. The van der Waals surface area contributed by atoms with Crippen molar-refractivity contribution < 1.29 is 24.5 Å². The van der Waals surface area contributed by atoms with Gasteiger partial charge in [0.25, 0.3) is 0 Å². The Morgan fingerprint density at radius 3 is 0.899 bits per heavy atom. The van der Waals surface area contributed by atoms with E-state index in [1.807, 2.05) is 0 Å². The Balaban J connectivity index is 3.33. The van der Waals surface area contributed by atoms with E-state index in [1.54, 1.807) is 0 Å². The lowest BCUT2D eigenvalue weighted by Crippen LogP contribution is -2.45. The maximum absolute atomic E-state index is 12.5. The first-order chi connectivity index (χ1) is 39.0. The van der Waals surface area contributed by atoms with Crippen LogP contribution < -0.4 is 5.32 Å². The summed E-state index contributed by atoms with van der Waals surface area (Å²) in [5, 5.41) is 23.3. The molecule has 0 bridgehead atoms. The second-order valence-corrected chi connectivity index (χ2v) is 25.3. The Labute approximate surface area is 495 Å². The van der Waals surface area contributed by atoms with Crippen LogP contribution in [0.1, 0.15) is 418 Å². The van der Waals surface area contributed by atoms with E-state index in [0.717, 1.165) is 38.5 Å². The van der Waals surface area contributed by atoms with Gasteiger partial charge in [-0.25, -0.2) is 0 Å². The predicted molar refractivity (Wildman–Crippen MR) is 347 cm³/mol. The number of rotatable bonds is 69. The molecule has 0 aliphatic heterocycles. The zero-order valence-electron chi connectivity index (χ0n) is 53.9. The topological polar surface area (TPSA) is 95.9 Å². The molecule has 0 aliphatic rings. The molecular formula is C73H143NO5. The largest absolute Gasteiger partial charge is 0.466 e. The number of amides is 1. The van der Waals surface area contributed by atoms with Gasteiger partial charge in [-0.3, -0.25) is 9.59 Å². The number of allylic oxidation sites excluding steroid dienone is 2. The van der Waals surface area contributed by atoms with E-state index >= 15 is 0 Å². The number of hydrogen-bond acceptors (Lipinski definition) is 5. The van der Waals surface area contributed by atoms with Gasteiger partial charge in [0.2, 0.25) is 5.91 Å². The van der Waals surface area contributed by atoms with Crippen molar-refractivity contribution in [3.05, 3.63) is 12.2 Å². The van der Waals surface area contributed by atoms with Gasteiger partial charge in [0.15, 0.2) is 0 Å². The van der Waals surface area contributed by atoms with Gasteiger partial charge in [-0.2, -0.15) is 0 Å². The van der Waals surface area contributed by atoms with E-state index in [-0.39, 0.29) is 18.5 Å². The Morgan fingerprint density at radius 1 is 0.342 bits per heavy atom. The molecule has 79 heavy (non-hydrogen) atoms. The van der Waals surface area contributed by atoms with Gasteiger partial charge in [-0.15, -0.1) is 0 Å². The number of esters is 1. The highest BCUT2D eigenvalue weighted by atomic mass is 16.5. The molecule has 0 aromatic carbocycles. The summed E-state index contributed by atoms with van der Waals surface area (Å²) in [6.45, 7) is 5.00. The molecule has 0 saturated heterocycles. The summed E-state index contributed by atoms with van der Waals surface area (Å²) < 4.78 is 5.51. The fourth-order valence-electron chi connectivity index (χ4n) is 11.8. The first-order valence-electron chi connectivity index (χ1n) is 36.4. The Bertz CT molecular complexity index is 1190. The Hall–Kier alpha value is -1.40. The predicted octanol–water partition coefficient (Wildman–Crippen LogP) is 23.5. The number of aliphatic hydroxyl groups is 2. The first kappa shape index (κ1) is 77.6. The number of ether oxygens (including phenoxy) is 1. The zero-order valence-corrected chi connectivity index (χ0v) is 53.9. The molecule has 0 saturated carbocycles. The number of carbonyl (C=O) groups excluding carboxylic acids is 2. The van der Waals surface area contributed by atoms with Gasteiger partial charge >= 0.3 is 5.97 Å². The standard InChI is InChI=1S/C73H143NO5/c1-3-5-7-9-11-13-15-17-19-35-39-43-47-51-55-59-63-67-73(78)79-68-64-60-56-52-48-44-40-37-34-32-30-28-26-24-22-20-21-23-25-27-29-31-33-36-38-42-46-50-54-58-62-66-72(77)74-70(69-75)71(76)65-61-57-53-49-45-41-18-16-14-12-10-8-6-4-2/h22,24,70-71,75-76H,3-21,23,25-69H2,1-2H3,(H,74,77)/b24-22-. The maximum atomic E-state index is 12.5. The van der Waals surface area contributed by atoms with Crippen molar-refractivity contribution in [3.63, 3.8) is 0 Å². The van der Waals surface area contributed by atoms with Crippen LogP contribution in [0.3, 0.4) is 0 Å². The Morgan fingerprint density at radius 2 is 0.595 bits per heavy atom. The first-order valence-corrected chi connectivity index (χ1v) is 36.4. The van der Waals surface area contributed by atoms with Crippen LogP contribution >= 0.6 is 0 Å². The van der Waals surface area contributed by atoms with Gasteiger partial charge in [-0.1, -0.05) is 366 Å². The Kier molecular flexibility index (Phi) is 67.9. The lowest BCUT2D eigenvalue weighted by molar-refractivity contribution is -0.143. The third-order valence-corrected chi connectivity index (χ3v) is 17.3. The van der Waals surface area contributed by atoms with Crippen molar-refractivity contribution in [3.8, 4) is 0 Å². The number of nitrogens with one attached hydrogen (secondary N) is 1. The normalized spacial score (nSPS) is 12.5. The molecule has 3 N–H and O–H groups in total. The molecule has 2 atom stereocenters. The second kappa shape index (κ2) is 69.1. The van der Waals surface area contributed by atoms with E-state index in [9.17, 15) is 19.8 Å². The summed E-state index contributed by atoms with van der Waals surface area (Å²) in [6, 6.07) is -0.539. The number of carbonyl (C=O) groups is 2. The van der Waals surface area contributed by atoms with Crippen molar-refractivity contribution >= 4 is 11.9 Å². The van der Waals surface area contributed by atoms with Crippen LogP contribution in [-0.2, 0) is 14.3 Å². The minimum Gasteiger partial charge on any atom is -0.466 e. The summed E-state index contributed by atoms with van der Waals surface area (Å²) in [5.41, 5.74) is 0. The molecule has 470 valence electrons. The van der Waals surface area contributed by atoms with Crippen LogP contribution in [0.4, 0.5) is 0 Å².